The first-order valence-electron chi connectivity index (χ1n) is 5.39. The Hall–Kier alpha value is -0.610. The third-order valence-electron chi connectivity index (χ3n) is 2.77. The summed E-state index contributed by atoms with van der Waals surface area (Å²) in [6, 6.07) is 0.605. The molecule has 1 fully saturated rings. The molecule has 1 aliphatic heterocycles. The molecule has 4 nitrogen and oxygen atoms in total. The second-order valence-electron chi connectivity index (χ2n) is 3.87. The van der Waals surface area contributed by atoms with Crippen LogP contribution in [0.2, 0.25) is 0 Å². The number of amides is 1. The summed E-state index contributed by atoms with van der Waals surface area (Å²) in [7, 11) is 1.69. The van der Waals surface area contributed by atoms with Gasteiger partial charge in [0.2, 0.25) is 5.91 Å². The van der Waals surface area contributed by atoms with Gasteiger partial charge in [-0.15, -0.1) is 0 Å². The van der Waals surface area contributed by atoms with Gasteiger partial charge in [-0.3, -0.25) is 9.69 Å². The van der Waals surface area contributed by atoms with E-state index in [0.717, 1.165) is 32.6 Å². The highest BCUT2D eigenvalue weighted by molar-refractivity contribution is 5.75. The normalized spacial score (nSPS) is 23.4. The molecule has 0 spiro atoms. The summed E-state index contributed by atoms with van der Waals surface area (Å²) in [6.07, 6.45) is 1.61. The van der Waals surface area contributed by atoms with Crippen molar-refractivity contribution >= 4 is 5.91 Å². The fourth-order valence-electron chi connectivity index (χ4n) is 1.78. The zero-order valence-corrected chi connectivity index (χ0v) is 9.18. The minimum Gasteiger partial charge on any atom is -0.359 e. The first kappa shape index (κ1) is 11.5. The van der Waals surface area contributed by atoms with E-state index >= 15 is 0 Å². The summed E-state index contributed by atoms with van der Waals surface area (Å²) in [4.78, 5) is 13.4. The monoisotopic (exact) mass is 199 g/mol. The summed E-state index contributed by atoms with van der Waals surface area (Å²) in [5.74, 6) is 0.146. The predicted molar refractivity (Wildman–Crippen MR) is 57.2 cm³/mol. The van der Waals surface area contributed by atoms with E-state index in [0.29, 0.717) is 12.5 Å². The van der Waals surface area contributed by atoms with Crippen LogP contribution in [0.25, 0.3) is 0 Å². The molecular formula is C10H21N3O. The van der Waals surface area contributed by atoms with Gasteiger partial charge in [-0.25, -0.2) is 0 Å². The maximum Gasteiger partial charge on any atom is 0.219 e. The molecule has 0 bridgehead atoms. The first-order chi connectivity index (χ1) is 6.74. The second-order valence-corrected chi connectivity index (χ2v) is 3.87. The molecule has 0 aliphatic carbocycles. The molecule has 2 N–H and O–H groups in total. The fraction of sp³-hybridized carbons (Fsp3) is 0.900. The Balaban J connectivity index is 2.13. The van der Waals surface area contributed by atoms with Crippen LogP contribution >= 0.6 is 0 Å². The molecule has 1 atom stereocenters. The van der Waals surface area contributed by atoms with Gasteiger partial charge in [-0.1, -0.05) is 0 Å². The Labute approximate surface area is 86.0 Å². The van der Waals surface area contributed by atoms with Crippen molar-refractivity contribution in [3.05, 3.63) is 0 Å². The molecule has 4 heteroatoms. The van der Waals surface area contributed by atoms with Gasteiger partial charge in [0.1, 0.15) is 0 Å². The molecule has 1 heterocycles. The third-order valence-corrected chi connectivity index (χ3v) is 2.77. The average Bonchev–Trinajstić information content (AvgIpc) is 2.20. The Morgan fingerprint density at radius 3 is 3.07 bits per heavy atom. The van der Waals surface area contributed by atoms with Gasteiger partial charge in [-0.2, -0.15) is 0 Å². The van der Waals surface area contributed by atoms with Crippen molar-refractivity contribution in [2.45, 2.75) is 25.8 Å². The molecule has 1 rings (SSSR count). The average molecular weight is 199 g/mol. The molecule has 0 radical (unpaired) electrons. The van der Waals surface area contributed by atoms with Crippen LogP contribution < -0.4 is 10.6 Å². The van der Waals surface area contributed by atoms with Crippen LogP contribution in [0, 0.1) is 0 Å². The number of rotatable bonds is 4. The number of nitrogens with zero attached hydrogens (tertiary/aromatic N) is 1. The number of piperazine rings is 1. The van der Waals surface area contributed by atoms with Crippen LogP contribution in [0.3, 0.4) is 0 Å². The van der Waals surface area contributed by atoms with Crippen LogP contribution in [-0.2, 0) is 4.79 Å². The van der Waals surface area contributed by atoms with E-state index in [9.17, 15) is 4.79 Å². The third kappa shape index (κ3) is 3.64. The van der Waals surface area contributed by atoms with Crippen molar-refractivity contribution in [2.24, 2.45) is 0 Å². The van der Waals surface area contributed by atoms with E-state index < -0.39 is 0 Å². The molecule has 0 saturated carbocycles. The van der Waals surface area contributed by atoms with Crippen molar-refractivity contribution < 1.29 is 4.79 Å². The van der Waals surface area contributed by atoms with Crippen LogP contribution in [0.4, 0.5) is 0 Å². The van der Waals surface area contributed by atoms with Gasteiger partial charge < -0.3 is 10.6 Å². The SMILES string of the molecule is CNC(=O)CCCN1CCNC[C@@H]1C. The lowest BCUT2D eigenvalue weighted by atomic mass is 10.2. The van der Waals surface area contributed by atoms with E-state index in [4.69, 9.17) is 0 Å². The van der Waals surface area contributed by atoms with E-state index in [-0.39, 0.29) is 5.91 Å². The zero-order chi connectivity index (χ0) is 10.4. The maximum absolute atomic E-state index is 11.0. The van der Waals surface area contributed by atoms with Gasteiger partial charge in [0.05, 0.1) is 0 Å². The van der Waals surface area contributed by atoms with Crippen molar-refractivity contribution in [1.29, 1.82) is 0 Å². The minimum atomic E-state index is 0.146. The number of carbonyl (C=O) groups excluding carboxylic acids is 1. The largest absolute Gasteiger partial charge is 0.359 e. The smallest absolute Gasteiger partial charge is 0.219 e. The summed E-state index contributed by atoms with van der Waals surface area (Å²) < 4.78 is 0. The van der Waals surface area contributed by atoms with Gasteiger partial charge in [0.15, 0.2) is 0 Å². The van der Waals surface area contributed by atoms with Gasteiger partial charge in [0.25, 0.3) is 0 Å². The highest BCUT2D eigenvalue weighted by atomic mass is 16.1. The standard InChI is InChI=1S/C10H21N3O/c1-9-8-12-5-7-13(9)6-3-4-10(14)11-2/h9,12H,3-8H2,1-2H3,(H,11,14)/t9-/m0/s1. The maximum atomic E-state index is 11.0. The highest BCUT2D eigenvalue weighted by Gasteiger charge is 2.16. The Kier molecular flexibility index (Phi) is 4.90. The molecule has 0 unspecified atom stereocenters. The molecule has 1 aliphatic rings. The molecule has 0 aromatic heterocycles. The van der Waals surface area contributed by atoms with E-state index in [1.807, 2.05) is 0 Å². The molecular weight excluding hydrogens is 178 g/mol. The van der Waals surface area contributed by atoms with Gasteiger partial charge in [-0.05, 0) is 19.9 Å². The lowest BCUT2D eigenvalue weighted by Gasteiger charge is -2.33. The van der Waals surface area contributed by atoms with Crippen LogP contribution in [0.1, 0.15) is 19.8 Å². The topological polar surface area (TPSA) is 44.4 Å². The molecule has 82 valence electrons. The van der Waals surface area contributed by atoms with Gasteiger partial charge >= 0.3 is 0 Å². The van der Waals surface area contributed by atoms with Crippen LogP contribution in [-0.4, -0.2) is 50.1 Å². The summed E-state index contributed by atoms with van der Waals surface area (Å²) in [5, 5.41) is 6.00. The molecule has 1 amide bonds. The summed E-state index contributed by atoms with van der Waals surface area (Å²) in [5.41, 5.74) is 0. The Bertz CT molecular complexity index is 184. The minimum absolute atomic E-state index is 0.146. The number of hydrogen-bond acceptors (Lipinski definition) is 3. The van der Waals surface area contributed by atoms with E-state index in [1.165, 1.54) is 0 Å². The molecule has 0 aromatic rings. The van der Waals surface area contributed by atoms with Crippen molar-refractivity contribution in [3.8, 4) is 0 Å². The number of hydrogen-bond donors (Lipinski definition) is 2. The Morgan fingerprint density at radius 1 is 1.64 bits per heavy atom. The van der Waals surface area contributed by atoms with Crippen LogP contribution in [0.15, 0.2) is 0 Å². The Morgan fingerprint density at radius 2 is 2.43 bits per heavy atom. The predicted octanol–water partition coefficient (Wildman–Crippen LogP) is -0.194. The fourth-order valence-corrected chi connectivity index (χ4v) is 1.78. The first-order valence-corrected chi connectivity index (χ1v) is 5.39. The van der Waals surface area contributed by atoms with E-state index in [1.54, 1.807) is 7.05 Å². The zero-order valence-electron chi connectivity index (χ0n) is 9.18. The summed E-state index contributed by atoms with van der Waals surface area (Å²) in [6.45, 7) is 6.52. The molecule has 14 heavy (non-hydrogen) atoms. The number of nitrogens with one attached hydrogen (secondary N) is 2. The van der Waals surface area contributed by atoms with Crippen LogP contribution in [0.5, 0.6) is 0 Å². The number of carbonyl (C=O) groups is 1. The van der Waals surface area contributed by atoms with Crippen molar-refractivity contribution in [1.82, 2.24) is 15.5 Å². The lowest BCUT2D eigenvalue weighted by Crippen LogP contribution is -2.50. The molecule has 1 saturated heterocycles. The highest BCUT2D eigenvalue weighted by Crippen LogP contribution is 2.04. The van der Waals surface area contributed by atoms with Crippen molar-refractivity contribution in [2.75, 3.05) is 33.2 Å². The van der Waals surface area contributed by atoms with Gasteiger partial charge in [0, 0.05) is 39.1 Å². The lowest BCUT2D eigenvalue weighted by molar-refractivity contribution is -0.120. The second kappa shape index (κ2) is 5.98. The quantitative estimate of drug-likeness (QED) is 0.659. The van der Waals surface area contributed by atoms with Crippen molar-refractivity contribution in [3.63, 3.8) is 0 Å². The summed E-state index contributed by atoms with van der Waals surface area (Å²) >= 11 is 0. The molecule has 0 aromatic carbocycles. The van der Waals surface area contributed by atoms with E-state index in [2.05, 4.69) is 22.5 Å².